The highest BCUT2D eigenvalue weighted by Crippen LogP contribution is 2.30. The molecule has 0 amide bonds. The quantitative estimate of drug-likeness (QED) is 0.840. The fraction of sp³-hybridized carbons (Fsp3) is 0.200. The number of rotatable bonds is 4. The number of ether oxygens (including phenoxy) is 2. The Morgan fingerprint density at radius 3 is 1.94 bits per heavy atom. The Morgan fingerprint density at radius 2 is 1.44 bits per heavy atom. The number of nitrogen functional groups attached to an aromatic ring is 1. The fourth-order valence-electron chi connectivity index (χ4n) is 1.94. The summed E-state index contributed by atoms with van der Waals surface area (Å²) in [6.07, 6.45) is 0.757. The van der Waals surface area contributed by atoms with E-state index in [9.17, 15) is 0 Å². The lowest BCUT2D eigenvalue weighted by molar-refractivity contribution is 0.387. The minimum Gasteiger partial charge on any atom is -0.496 e. The maximum Gasteiger partial charge on any atom is 0.126 e. The predicted molar refractivity (Wildman–Crippen MR) is 73.2 cm³/mol. The maximum atomic E-state index is 5.68. The molecule has 0 bridgehead atoms. The summed E-state index contributed by atoms with van der Waals surface area (Å²) in [4.78, 5) is 0. The second-order valence-electron chi connectivity index (χ2n) is 4.06. The number of benzene rings is 2. The molecule has 0 fully saturated rings. The predicted octanol–water partition coefficient (Wildman–Crippen LogP) is 2.88. The standard InChI is InChI=1S/C15H17NO2/c1-17-14-4-3-5-15(18-2)13(14)10-11-6-8-12(16)9-7-11/h3-9H,10,16H2,1-2H3. The number of hydrogen-bond donors (Lipinski definition) is 1. The van der Waals surface area contributed by atoms with E-state index in [1.165, 1.54) is 5.56 Å². The van der Waals surface area contributed by atoms with Crippen molar-refractivity contribution in [3.63, 3.8) is 0 Å². The molecule has 0 aromatic heterocycles. The van der Waals surface area contributed by atoms with E-state index >= 15 is 0 Å². The zero-order chi connectivity index (χ0) is 13.0. The Morgan fingerprint density at radius 1 is 0.889 bits per heavy atom. The van der Waals surface area contributed by atoms with Gasteiger partial charge in [0.25, 0.3) is 0 Å². The average Bonchev–Trinajstić information content (AvgIpc) is 2.41. The molecule has 0 heterocycles. The zero-order valence-corrected chi connectivity index (χ0v) is 10.6. The van der Waals surface area contributed by atoms with Crippen LogP contribution in [0.15, 0.2) is 42.5 Å². The van der Waals surface area contributed by atoms with E-state index in [-0.39, 0.29) is 0 Å². The number of methoxy groups -OCH3 is 2. The Kier molecular flexibility index (Phi) is 3.72. The van der Waals surface area contributed by atoms with Gasteiger partial charge in [-0.2, -0.15) is 0 Å². The van der Waals surface area contributed by atoms with Gasteiger partial charge in [0.05, 0.1) is 14.2 Å². The van der Waals surface area contributed by atoms with E-state index < -0.39 is 0 Å². The van der Waals surface area contributed by atoms with E-state index in [1.807, 2.05) is 42.5 Å². The monoisotopic (exact) mass is 243 g/mol. The van der Waals surface area contributed by atoms with Crippen molar-refractivity contribution in [2.75, 3.05) is 20.0 Å². The second kappa shape index (κ2) is 5.45. The Bertz CT molecular complexity index is 498. The lowest BCUT2D eigenvalue weighted by Crippen LogP contribution is -1.98. The first-order valence-electron chi connectivity index (χ1n) is 5.79. The van der Waals surface area contributed by atoms with Crippen molar-refractivity contribution in [2.45, 2.75) is 6.42 Å². The first-order valence-corrected chi connectivity index (χ1v) is 5.79. The van der Waals surface area contributed by atoms with Crippen LogP contribution in [0.5, 0.6) is 11.5 Å². The molecule has 0 aliphatic heterocycles. The van der Waals surface area contributed by atoms with Crippen LogP contribution in [-0.2, 0) is 6.42 Å². The van der Waals surface area contributed by atoms with Crippen LogP contribution in [0.4, 0.5) is 5.69 Å². The van der Waals surface area contributed by atoms with Gasteiger partial charge in [0.1, 0.15) is 11.5 Å². The zero-order valence-electron chi connectivity index (χ0n) is 10.6. The van der Waals surface area contributed by atoms with Gasteiger partial charge in [-0.3, -0.25) is 0 Å². The van der Waals surface area contributed by atoms with Gasteiger partial charge in [-0.05, 0) is 29.8 Å². The third-order valence-electron chi connectivity index (χ3n) is 2.89. The molecular formula is C15H17NO2. The highest BCUT2D eigenvalue weighted by Gasteiger charge is 2.10. The lowest BCUT2D eigenvalue weighted by Gasteiger charge is -2.13. The van der Waals surface area contributed by atoms with Crippen LogP contribution in [0.25, 0.3) is 0 Å². The van der Waals surface area contributed by atoms with Crippen LogP contribution in [0.1, 0.15) is 11.1 Å². The van der Waals surface area contributed by atoms with E-state index in [0.717, 1.165) is 29.2 Å². The molecule has 0 saturated carbocycles. The molecule has 0 unspecified atom stereocenters. The topological polar surface area (TPSA) is 44.5 Å². The van der Waals surface area contributed by atoms with Crippen LogP contribution in [0.3, 0.4) is 0 Å². The molecule has 2 rings (SSSR count). The summed E-state index contributed by atoms with van der Waals surface area (Å²) in [5, 5.41) is 0. The average molecular weight is 243 g/mol. The highest BCUT2D eigenvalue weighted by atomic mass is 16.5. The second-order valence-corrected chi connectivity index (χ2v) is 4.06. The Balaban J connectivity index is 2.35. The molecule has 0 spiro atoms. The van der Waals surface area contributed by atoms with Gasteiger partial charge in [0, 0.05) is 17.7 Å². The maximum absolute atomic E-state index is 5.68. The van der Waals surface area contributed by atoms with Crippen LogP contribution >= 0.6 is 0 Å². The fourth-order valence-corrected chi connectivity index (χ4v) is 1.94. The summed E-state index contributed by atoms with van der Waals surface area (Å²) in [6.45, 7) is 0. The number of nitrogens with two attached hydrogens (primary N) is 1. The SMILES string of the molecule is COc1cccc(OC)c1Cc1ccc(N)cc1. The van der Waals surface area contributed by atoms with Gasteiger partial charge < -0.3 is 15.2 Å². The van der Waals surface area contributed by atoms with Crippen molar-refractivity contribution in [2.24, 2.45) is 0 Å². The minimum atomic E-state index is 0.757. The molecule has 3 heteroatoms. The van der Waals surface area contributed by atoms with Gasteiger partial charge >= 0.3 is 0 Å². The first kappa shape index (κ1) is 12.3. The number of anilines is 1. The van der Waals surface area contributed by atoms with E-state index in [0.29, 0.717) is 0 Å². The molecule has 0 saturated heterocycles. The molecule has 0 radical (unpaired) electrons. The van der Waals surface area contributed by atoms with Gasteiger partial charge in [-0.15, -0.1) is 0 Å². The van der Waals surface area contributed by atoms with Crippen LogP contribution in [0.2, 0.25) is 0 Å². The summed E-state index contributed by atoms with van der Waals surface area (Å²) in [5.74, 6) is 1.68. The molecule has 3 nitrogen and oxygen atoms in total. The highest BCUT2D eigenvalue weighted by molar-refractivity contribution is 5.48. The Hall–Kier alpha value is -2.16. The molecule has 0 aliphatic rings. The summed E-state index contributed by atoms with van der Waals surface area (Å²) in [6, 6.07) is 13.6. The third-order valence-corrected chi connectivity index (χ3v) is 2.89. The molecule has 0 atom stereocenters. The van der Waals surface area contributed by atoms with Crippen molar-refractivity contribution in [3.8, 4) is 11.5 Å². The van der Waals surface area contributed by atoms with Crippen LogP contribution in [-0.4, -0.2) is 14.2 Å². The molecule has 2 aromatic rings. The molecule has 18 heavy (non-hydrogen) atoms. The van der Waals surface area contributed by atoms with Gasteiger partial charge in [0.2, 0.25) is 0 Å². The van der Waals surface area contributed by atoms with Crippen molar-refractivity contribution >= 4 is 5.69 Å². The third kappa shape index (κ3) is 2.56. The van der Waals surface area contributed by atoms with E-state index in [2.05, 4.69) is 0 Å². The first-order chi connectivity index (χ1) is 8.74. The number of hydrogen-bond acceptors (Lipinski definition) is 3. The summed E-state index contributed by atoms with van der Waals surface area (Å²) < 4.78 is 10.8. The molecule has 94 valence electrons. The molecule has 2 N–H and O–H groups in total. The van der Waals surface area contributed by atoms with Crippen molar-refractivity contribution < 1.29 is 9.47 Å². The summed E-state index contributed by atoms with van der Waals surface area (Å²) in [7, 11) is 3.34. The normalized spacial score (nSPS) is 10.1. The lowest BCUT2D eigenvalue weighted by atomic mass is 10.0. The van der Waals surface area contributed by atoms with Gasteiger partial charge in [-0.25, -0.2) is 0 Å². The van der Waals surface area contributed by atoms with Crippen LogP contribution in [0, 0.1) is 0 Å². The smallest absolute Gasteiger partial charge is 0.126 e. The van der Waals surface area contributed by atoms with Crippen molar-refractivity contribution in [1.29, 1.82) is 0 Å². The van der Waals surface area contributed by atoms with E-state index in [4.69, 9.17) is 15.2 Å². The van der Waals surface area contributed by atoms with Crippen molar-refractivity contribution in [3.05, 3.63) is 53.6 Å². The van der Waals surface area contributed by atoms with Gasteiger partial charge in [-0.1, -0.05) is 18.2 Å². The van der Waals surface area contributed by atoms with E-state index in [1.54, 1.807) is 14.2 Å². The largest absolute Gasteiger partial charge is 0.496 e. The minimum absolute atomic E-state index is 0.757. The van der Waals surface area contributed by atoms with Crippen LogP contribution < -0.4 is 15.2 Å². The van der Waals surface area contributed by atoms with Gasteiger partial charge in [0.15, 0.2) is 0 Å². The molecule has 2 aromatic carbocycles. The van der Waals surface area contributed by atoms with Crippen molar-refractivity contribution in [1.82, 2.24) is 0 Å². The summed E-state index contributed by atoms with van der Waals surface area (Å²) in [5.41, 5.74) is 8.67. The molecule has 0 aliphatic carbocycles. The molecular weight excluding hydrogens is 226 g/mol. The Labute approximate surface area is 107 Å². The summed E-state index contributed by atoms with van der Waals surface area (Å²) >= 11 is 0.